The zero-order chi connectivity index (χ0) is 23.5. The Labute approximate surface area is 189 Å². The molecule has 0 saturated heterocycles. The van der Waals surface area contributed by atoms with Crippen LogP contribution in [-0.4, -0.2) is 41.5 Å². The Kier molecular flexibility index (Phi) is 6.27. The van der Waals surface area contributed by atoms with Crippen LogP contribution < -0.4 is 21.3 Å². The molecule has 4 aromatic rings. The van der Waals surface area contributed by atoms with E-state index in [9.17, 15) is 14.7 Å². The molecule has 3 heterocycles. The summed E-state index contributed by atoms with van der Waals surface area (Å²) < 4.78 is 9.67. The SMILES string of the molecule is Cc1cccc(OC[C@@H](O)Cn2c(NCc3cccnc3)nc3c2c(=O)n(C)c(=O)n3C)c1. The summed E-state index contributed by atoms with van der Waals surface area (Å²) in [6.07, 6.45) is 2.48. The van der Waals surface area contributed by atoms with E-state index in [0.717, 1.165) is 15.7 Å². The molecular formula is C23H26N6O4. The van der Waals surface area contributed by atoms with Gasteiger partial charge in [0.25, 0.3) is 5.56 Å². The zero-order valence-electron chi connectivity index (χ0n) is 18.7. The summed E-state index contributed by atoms with van der Waals surface area (Å²) in [5.41, 5.74) is 1.47. The number of ether oxygens (including phenoxy) is 1. The number of nitrogens with zero attached hydrogens (tertiary/aromatic N) is 5. The molecule has 1 atom stereocenters. The molecule has 33 heavy (non-hydrogen) atoms. The van der Waals surface area contributed by atoms with Crippen molar-refractivity contribution in [3.8, 4) is 5.75 Å². The molecule has 0 unspecified atom stereocenters. The van der Waals surface area contributed by atoms with Gasteiger partial charge in [-0.1, -0.05) is 18.2 Å². The number of aryl methyl sites for hydroxylation is 2. The van der Waals surface area contributed by atoms with Crippen molar-refractivity contribution in [2.24, 2.45) is 14.1 Å². The van der Waals surface area contributed by atoms with Crippen LogP contribution in [0.2, 0.25) is 0 Å². The number of aliphatic hydroxyl groups is 1. The lowest BCUT2D eigenvalue weighted by Crippen LogP contribution is -2.38. The Hall–Kier alpha value is -3.92. The summed E-state index contributed by atoms with van der Waals surface area (Å²) in [4.78, 5) is 33.9. The molecule has 0 spiro atoms. The van der Waals surface area contributed by atoms with Gasteiger partial charge in [-0.3, -0.25) is 18.9 Å². The predicted molar refractivity (Wildman–Crippen MR) is 124 cm³/mol. The van der Waals surface area contributed by atoms with Crippen molar-refractivity contribution in [1.29, 1.82) is 0 Å². The van der Waals surface area contributed by atoms with Crippen LogP contribution >= 0.6 is 0 Å². The zero-order valence-corrected chi connectivity index (χ0v) is 18.7. The Bertz CT molecular complexity index is 1390. The van der Waals surface area contributed by atoms with Gasteiger partial charge in [0.05, 0.1) is 6.54 Å². The van der Waals surface area contributed by atoms with Gasteiger partial charge in [0.2, 0.25) is 5.95 Å². The average Bonchev–Trinajstić information content (AvgIpc) is 3.17. The molecule has 3 aromatic heterocycles. The number of fused-ring (bicyclic) bond motifs is 1. The van der Waals surface area contributed by atoms with Crippen LogP contribution in [0.1, 0.15) is 11.1 Å². The maximum Gasteiger partial charge on any atom is 0.332 e. The highest BCUT2D eigenvalue weighted by Crippen LogP contribution is 2.18. The summed E-state index contributed by atoms with van der Waals surface area (Å²) in [5, 5.41) is 13.9. The van der Waals surface area contributed by atoms with Crippen LogP contribution in [0.15, 0.2) is 58.4 Å². The lowest BCUT2D eigenvalue weighted by Gasteiger charge is -2.16. The van der Waals surface area contributed by atoms with Crippen molar-refractivity contribution >= 4 is 17.1 Å². The van der Waals surface area contributed by atoms with E-state index >= 15 is 0 Å². The third-order valence-electron chi connectivity index (χ3n) is 5.35. The molecule has 0 aliphatic carbocycles. The highest BCUT2D eigenvalue weighted by Gasteiger charge is 2.21. The predicted octanol–water partition coefficient (Wildman–Crippen LogP) is 1.19. The average molecular weight is 450 g/mol. The van der Waals surface area contributed by atoms with Gasteiger partial charge >= 0.3 is 5.69 Å². The van der Waals surface area contributed by atoms with E-state index in [1.807, 2.05) is 43.3 Å². The number of hydrogen-bond acceptors (Lipinski definition) is 7. The Morgan fingerprint density at radius 2 is 1.97 bits per heavy atom. The number of hydrogen-bond donors (Lipinski definition) is 2. The van der Waals surface area contributed by atoms with Crippen LogP contribution in [0.4, 0.5) is 5.95 Å². The first-order valence-corrected chi connectivity index (χ1v) is 10.5. The number of aliphatic hydroxyl groups excluding tert-OH is 1. The second-order valence-electron chi connectivity index (χ2n) is 7.92. The third-order valence-corrected chi connectivity index (χ3v) is 5.35. The molecule has 0 radical (unpaired) electrons. The minimum absolute atomic E-state index is 0.0251. The van der Waals surface area contributed by atoms with Crippen molar-refractivity contribution in [2.45, 2.75) is 26.1 Å². The molecule has 172 valence electrons. The number of aromatic nitrogens is 5. The van der Waals surface area contributed by atoms with Gasteiger partial charge in [0.1, 0.15) is 18.5 Å². The molecule has 0 saturated carbocycles. The Balaban J connectivity index is 1.66. The molecule has 10 heteroatoms. The minimum atomic E-state index is -0.927. The molecule has 1 aromatic carbocycles. The first-order valence-electron chi connectivity index (χ1n) is 10.5. The standard InChI is InChI=1S/C23H26N6O4/c1-15-6-4-8-18(10-15)33-14-17(30)13-29-19-20(27(2)23(32)28(3)21(19)31)26-22(29)25-12-16-7-5-9-24-11-16/h4-11,17,30H,12-14H2,1-3H3,(H,25,26)/t17-/m0/s1. The first-order chi connectivity index (χ1) is 15.8. The van der Waals surface area contributed by atoms with Gasteiger partial charge in [-0.05, 0) is 36.2 Å². The largest absolute Gasteiger partial charge is 0.491 e. The Morgan fingerprint density at radius 3 is 2.70 bits per heavy atom. The van der Waals surface area contributed by atoms with Crippen molar-refractivity contribution < 1.29 is 9.84 Å². The molecule has 0 bridgehead atoms. The maximum absolute atomic E-state index is 12.9. The molecule has 10 nitrogen and oxygen atoms in total. The quantitative estimate of drug-likeness (QED) is 0.414. The fourth-order valence-corrected chi connectivity index (χ4v) is 3.60. The normalized spacial score (nSPS) is 12.1. The fraction of sp³-hybridized carbons (Fsp3) is 0.304. The summed E-state index contributed by atoms with van der Waals surface area (Å²) in [6.45, 7) is 2.44. The van der Waals surface area contributed by atoms with Crippen molar-refractivity contribution in [3.63, 3.8) is 0 Å². The van der Waals surface area contributed by atoms with Crippen molar-refractivity contribution in [1.82, 2.24) is 23.7 Å². The number of pyridine rings is 1. The van der Waals surface area contributed by atoms with Gasteiger partial charge in [0, 0.05) is 33.0 Å². The lowest BCUT2D eigenvalue weighted by molar-refractivity contribution is 0.0938. The van der Waals surface area contributed by atoms with Crippen LogP contribution in [0.5, 0.6) is 5.75 Å². The van der Waals surface area contributed by atoms with Gasteiger partial charge in [-0.15, -0.1) is 0 Å². The lowest BCUT2D eigenvalue weighted by atomic mass is 10.2. The van der Waals surface area contributed by atoms with Crippen LogP contribution in [0.25, 0.3) is 11.2 Å². The smallest absolute Gasteiger partial charge is 0.332 e. The summed E-state index contributed by atoms with van der Waals surface area (Å²) in [5.74, 6) is 1.01. The topological polar surface area (TPSA) is 116 Å². The van der Waals surface area contributed by atoms with E-state index in [0.29, 0.717) is 18.2 Å². The van der Waals surface area contributed by atoms with E-state index in [1.165, 1.54) is 11.6 Å². The summed E-state index contributed by atoms with van der Waals surface area (Å²) in [6, 6.07) is 11.3. The van der Waals surface area contributed by atoms with Crippen molar-refractivity contribution in [2.75, 3.05) is 11.9 Å². The molecular weight excluding hydrogens is 424 g/mol. The van der Waals surface area contributed by atoms with Gasteiger partial charge in [0.15, 0.2) is 11.2 Å². The monoisotopic (exact) mass is 450 g/mol. The molecule has 0 aliphatic rings. The second kappa shape index (κ2) is 9.29. The van der Waals surface area contributed by atoms with Crippen LogP contribution in [0.3, 0.4) is 0 Å². The third kappa shape index (κ3) is 4.65. The number of rotatable bonds is 8. The molecule has 4 rings (SSSR count). The number of nitrogens with one attached hydrogen (secondary N) is 1. The van der Waals surface area contributed by atoms with E-state index in [1.54, 1.807) is 24.0 Å². The molecule has 0 fully saturated rings. The van der Waals surface area contributed by atoms with E-state index in [2.05, 4.69) is 15.3 Å². The highest BCUT2D eigenvalue weighted by molar-refractivity contribution is 5.74. The van der Waals surface area contributed by atoms with E-state index in [-0.39, 0.29) is 24.3 Å². The number of anilines is 1. The summed E-state index contributed by atoms with van der Waals surface area (Å²) in [7, 11) is 2.98. The van der Waals surface area contributed by atoms with Crippen LogP contribution in [-0.2, 0) is 27.2 Å². The minimum Gasteiger partial charge on any atom is -0.491 e. The molecule has 0 amide bonds. The Morgan fingerprint density at radius 1 is 1.15 bits per heavy atom. The number of benzene rings is 1. The number of imidazole rings is 1. The maximum atomic E-state index is 12.9. The van der Waals surface area contributed by atoms with Crippen molar-refractivity contribution in [3.05, 3.63) is 80.8 Å². The van der Waals surface area contributed by atoms with Crippen LogP contribution in [0, 0.1) is 6.92 Å². The molecule has 2 N–H and O–H groups in total. The van der Waals surface area contributed by atoms with Gasteiger partial charge in [-0.2, -0.15) is 4.98 Å². The van der Waals surface area contributed by atoms with Gasteiger partial charge < -0.3 is 19.7 Å². The van der Waals surface area contributed by atoms with E-state index < -0.39 is 17.4 Å². The first kappa shape index (κ1) is 22.3. The van der Waals surface area contributed by atoms with E-state index in [4.69, 9.17) is 4.74 Å². The van der Waals surface area contributed by atoms with Gasteiger partial charge in [-0.25, -0.2) is 4.79 Å². The summed E-state index contributed by atoms with van der Waals surface area (Å²) >= 11 is 0. The fourth-order valence-electron chi connectivity index (χ4n) is 3.60. The highest BCUT2D eigenvalue weighted by atomic mass is 16.5. The second-order valence-corrected chi connectivity index (χ2v) is 7.92. The molecule has 0 aliphatic heterocycles.